The first-order valence-electron chi connectivity index (χ1n) is 9.23. The summed E-state index contributed by atoms with van der Waals surface area (Å²) in [4.78, 5) is 15.3. The van der Waals surface area contributed by atoms with Gasteiger partial charge in [-0.15, -0.1) is 0 Å². The molecular formula is C19H24N6O. The van der Waals surface area contributed by atoms with Gasteiger partial charge in [0, 0.05) is 25.0 Å². The Morgan fingerprint density at radius 3 is 2.88 bits per heavy atom. The van der Waals surface area contributed by atoms with Crippen LogP contribution in [0.5, 0.6) is 0 Å². The maximum atomic E-state index is 5.39. The summed E-state index contributed by atoms with van der Waals surface area (Å²) in [5.74, 6) is 1.12. The molecule has 0 saturated heterocycles. The Hall–Kier alpha value is -2.54. The summed E-state index contributed by atoms with van der Waals surface area (Å²) < 4.78 is 7.74. The Balaban J connectivity index is 1.40. The van der Waals surface area contributed by atoms with E-state index >= 15 is 0 Å². The van der Waals surface area contributed by atoms with E-state index < -0.39 is 0 Å². The zero-order valence-electron chi connectivity index (χ0n) is 15.1. The number of rotatable bonds is 6. The minimum atomic E-state index is 0.529. The van der Waals surface area contributed by atoms with Crippen LogP contribution in [0.25, 0.3) is 11.5 Å². The fourth-order valence-electron chi connectivity index (χ4n) is 3.62. The predicted octanol–water partition coefficient (Wildman–Crippen LogP) is 3.47. The lowest BCUT2D eigenvalue weighted by atomic mass is 9.95. The van der Waals surface area contributed by atoms with Crippen molar-refractivity contribution < 1.29 is 4.52 Å². The standard InChI is InChI=1S/C19H24N6O/c1-24(12-16-11-20-14-25(16)15-7-3-2-4-8-15)13-18-22-19(23-26-18)17-9-5-6-10-21-17/h5-6,9-11,14-15H,2-4,7-8,12-13H2,1H3. The van der Waals surface area contributed by atoms with E-state index in [9.17, 15) is 0 Å². The molecule has 0 aromatic carbocycles. The second kappa shape index (κ2) is 7.78. The summed E-state index contributed by atoms with van der Waals surface area (Å²) in [6.07, 6.45) is 12.2. The summed E-state index contributed by atoms with van der Waals surface area (Å²) in [5.41, 5.74) is 1.96. The number of aromatic nitrogens is 5. The van der Waals surface area contributed by atoms with E-state index in [-0.39, 0.29) is 0 Å². The Bertz CT molecular complexity index is 821. The first kappa shape index (κ1) is 16.9. The molecule has 0 unspecified atom stereocenters. The van der Waals surface area contributed by atoms with Gasteiger partial charge in [0.1, 0.15) is 5.69 Å². The maximum absolute atomic E-state index is 5.39. The van der Waals surface area contributed by atoms with Gasteiger partial charge in [-0.3, -0.25) is 9.88 Å². The Kier molecular flexibility index (Phi) is 5.06. The minimum absolute atomic E-state index is 0.529. The van der Waals surface area contributed by atoms with Crippen molar-refractivity contribution in [3.05, 3.63) is 48.5 Å². The summed E-state index contributed by atoms with van der Waals surface area (Å²) in [5, 5.41) is 4.03. The van der Waals surface area contributed by atoms with Crippen molar-refractivity contribution in [2.75, 3.05) is 7.05 Å². The molecule has 1 aliphatic carbocycles. The van der Waals surface area contributed by atoms with Gasteiger partial charge < -0.3 is 9.09 Å². The number of imidazole rings is 1. The van der Waals surface area contributed by atoms with E-state index in [0.717, 1.165) is 12.2 Å². The van der Waals surface area contributed by atoms with E-state index in [2.05, 4.69) is 36.6 Å². The smallest absolute Gasteiger partial charge is 0.241 e. The fraction of sp³-hybridized carbons (Fsp3) is 0.474. The van der Waals surface area contributed by atoms with E-state index in [1.54, 1.807) is 6.20 Å². The summed E-state index contributed by atoms with van der Waals surface area (Å²) in [7, 11) is 2.06. The molecule has 1 saturated carbocycles. The van der Waals surface area contributed by atoms with Crippen molar-refractivity contribution in [1.29, 1.82) is 0 Å². The molecule has 3 aromatic heterocycles. The average molecular weight is 352 g/mol. The Labute approximate surface area is 153 Å². The largest absolute Gasteiger partial charge is 0.337 e. The van der Waals surface area contributed by atoms with Gasteiger partial charge in [-0.2, -0.15) is 4.98 Å². The molecule has 0 radical (unpaired) electrons. The number of hydrogen-bond acceptors (Lipinski definition) is 6. The van der Waals surface area contributed by atoms with Gasteiger partial charge in [0.2, 0.25) is 11.7 Å². The fourth-order valence-corrected chi connectivity index (χ4v) is 3.62. The molecule has 3 aromatic rings. The van der Waals surface area contributed by atoms with E-state index in [0.29, 0.717) is 24.3 Å². The topological polar surface area (TPSA) is 72.9 Å². The number of hydrogen-bond donors (Lipinski definition) is 0. The average Bonchev–Trinajstić information content (AvgIpc) is 3.33. The first-order chi connectivity index (χ1) is 12.8. The summed E-state index contributed by atoms with van der Waals surface area (Å²) in [6.45, 7) is 1.40. The Morgan fingerprint density at radius 1 is 1.19 bits per heavy atom. The highest BCUT2D eigenvalue weighted by Gasteiger charge is 2.19. The molecule has 1 aliphatic rings. The van der Waals surface area contributed by atoms with Crippen molar-refractivity contribution in [3.63, 3.8) is 0 Å². The van der Waals surface area contributed by atoms with Crippen LogP contribution in [0, 0.1) is 0 Å². The van der Waals surface area contributed by atoms with Gasteiger partial charge in [0.15, 0.2) is 0 Å². The van der Waals surface area contributed by atoms with Crippen LogP contribution >= 0.6 is 0 Å². The summed E-state index contributed by atoms with van der Waals surface area (Å²) >= 11 is 0. The molecule has 4 rings (SSSR count). The summed E-state index contributed by atoms with van der Waals surface area (Å²) in [6, 6.07) is 6.25. The zero-order valence-corrected chi connectivity index (χ0v) is 15.1. The minimum Gasteiger partial charge on any atom is -0.337 e. The van der Waals surface area contributed by atoms with Gasteiger partial charge in [-0.25, -0.2) is 4.98 Å². The number of nitrogens with zero attached hydrogens (tertiary/aromatic N) is 6. The zero-order chi connectivity index (χ0) is 17.8. The third-order valence-electron chi connectivity index (χ3n) is 4.91. The van der Waals surface area contributed by atoms with Crippen molar-refractivity contribution in [1.82, 2.24) is 29.6 Å². The molecule has 7 nitrogen and oxygen atoms in total. The lowest BCUT2D eigenvalue weighted by molar-refractivity contribution is 0.249. The normalized spacial score (nSPS) is 15.6. The van der Waals surface area contributed by atoms with E-state index in [1.165, 1.54) is 37.8 Å². The molecule has 1 fully saturated rings. The van der Waals surface area contributed by atoms with Gasteiger partial charge in [0.25, 0.3) is 0 Å². The monoisotopic (exact) mass is 352 g/mol. The van der Waals surface area contributed by atoms with Gasteiger partial charge >= 0.3 is 0 Å². The van der Waals surface area contributed by atoms with Crippen LogP contribution in [0.3, 0.4) is 0 Å². The van der Waals surface area contributed by atoms with Crippen LogP contribution in [0.1, 0.15) is 49.7 Å². The van der Waals surface area contributed by atoms with E-state index in [1.807, 2.05) is 30.7 Å². The second-order valence-electron chi connectivity index (χ2n) is 6.98. The van der Waals surface area contributed by atoms with Crippen LogP contribution in [0.2, 0.25) is 0 Å². The van der Waals surface area contributed by atoms with Gasteiger partial charge in [-0.05, 0) is 32.0 Å². The van der Waals surface area contributed by atoms with Crippen molar-refractivity contribution >= 4 is 0 Å². The molecule has 3 heterocycles. The van der Waals surface area contributed by atoms with Crippen molar-refractivity contribution in [3.8, 4) is 11.5 Å². The van der Waals surface area contributed by atoms with Crippen molar-refractivity contribution in [2.45, 2.75) is 51.2 Å². The molecule has 0 amide bonds. The second-order valence-corrected chi connectivity index (χ2v) is 6.98. The van der Waals surface area contributed by atoms with Crippen LogP contribution in [0.4, 0.5) is 0 Å². The van der Waals surface area contributed by atoms with Gasteiger partial charge in [-0.1, -0.05) is 30.5 Å². The molecule has 0 spiro atoms. The Morgan fingerprint density at radius 2 is 2.08 bits per heavy atom. The number of pyridine rings is 1. The van der Waals surface area contributed by atoms with Crippen LogP contribution < -0.4 is 0 Å². The third kappa shape index (κ3) is 3.83. The highest BCUT2D eigenvalue weighted by molar-refractivity contribution is 5.46. The maximum Gasteiger partial charge on any atom is 0.241 e. The first-order valence-corrected chi connectivity index (χ1v) is 9.23. The molecule has 0 atom stereocenters. The van der Waals surface area contributed by atoms with Crippen LogP contribution in [0.15, 0.2) is 41.4 Å². The predicted molar refractivity (Wildman–Crippen MR) is 97.0 cm³/mol. The van der Waals surface area contributed by atoms with Crippen molar-refractivity contribution in [2.24, 2.45) is 0 Å². The highest BCUT2D eigenvalue weighted by atomic mass is 16.5. The lowest BCUT2D eigenvalue weighted by Crippen LogP contribution is -2.22. The molecular weight excluding hydrogens is 328 g/mol. The SMILES string of the molecule is CN(Cc1nc(-c2ccccn2)no1)Cc1cncn1C1CCCCC1. The molecule has 26 heavy (non-hydrogen) atoms. The third-order valence-corrected chi connectivity index (χ3v) is 4.91. The highest BCUT2D eigenvalue weighted by Crippen LogP contribution is 2.29. The van der Waals surface area contributed by atoms with E-state index in [4.69, 9.17) is 4.52 Å². The molecule has 0 aliphatic heterocycles. The quantitative estimate of drug-likeness (QED) is 0.676. The van der Waals surface area contributed by atoms with Crippen LogP contribution in [-0.4, -0.2) is 36.6 Å². The molecule has 136 valence electrons. The lowest BCUT2D eigenvalue weighted by Gasteiger charge is -2.26. The molecule has 0 N–H and O–H groups in total. The molecule has 7 heteroatoms. The van der Waals surface area contributed by atoms with Crippen LogP contribution in [-0.2, 0) is 13.1 Å². The van der Waals surface area contributed by atoms with Gasteiger partial charge in [0.05, 0.1) is 18.6 Å². The molecule has 0 bridgehead atoms.